The molecule has 8 nitrogen and oxygen atoms in total. The smallest absolute Gasteiger partial charge is 0.410 e. The van der Waals surface area contributed by atoms with Gasteiger partial charge in [-0.25, -0.2) is 9.59 Å². The Morgan fingerprint density at radius 1 is 1.11 bits per heavy atom. The van der Waals surface area contributed by atoms with Crippen LogP contribution in [-0.4, -0.2) is 76.2 Å². The summed E-state index contributed by atoms with van der Waals surface area (Å²) in [7, 11) is 0. The number of carbonyl (C=O) groups is 3. The molecule has 0 saturated carbocycles. The molecular formula is C19H27N3O5. The molecule has 1 N–H and O–H groups in total. The number of nitrogens with zero attached hydrogens (tertiary/aromatic N) is 3. The van der Waals surface area contributed by atoms with Crippen LogP contribution in [0.5, 0.6) is 0 Å². The number of likely N-dealkylation sites (N-methyl/N-ethyl adjacent to an activating group) is 1. The minimum absolute atomic E-state index is 0.0632. The molecular weight excluding hydrogens is 350 g/mol. The van der Waals surface area contributed by atoms with Crippen LogP contribution in [0.1, 0.15) is 26.3 Å². The highest BCUT2D eigenvalue weighted by molar-refractivity contribution is 5.87. The van der Waals surface area contributed by atoms with Crippen molar-refractivity contribution in [1.82, 2.24) is 14.7 Å². The number of piperazine rings is 1. The molecule has 8 heteroatoms. The fourth-order valence-electron chi connectivity index (χ4n) is 3.20. The molecule has 1 aromatic rings. The van der Waals surface area contributed by atoms with Crippen LogP contribution in [-0.2, 0) is 16.1 Å². The molecule has 1 fully saturated rings. The third kappa shape index (κ3) is 4.90. The number of rotatable bonds is 5. The van der Waals surface area contributed by atoms with Gasteiger partial charge in [0.15, 0.2) is 0 Å². The Balaban J connectivity index is 2.17. The molecule has 0 spiro atoms. The lowest BCUT2D eigenvalue weighted by Crippen LogP contribution is -2.64. The van der Waals surface area contributed by atoms with Gasteiger partial charge in [-0.3, -0.25) is 9.69 Å². The van der Waals surface area contributed by atoms with Crippen molar-refractivity contribution in [2.24, 2.45) is 0 Å². The van der Waals surface area contributed by atoms with E-state index in [1.165, 1.54) is 9.80 Å². The van der Waals surface area contributed by atoms with E-state index in [1.54, 1.807) is 11.8 Å². The van der Waals surface area contributed by atoms with Crippen LogP contribution in [0.4, 0.5) is 9.59 Å². The van der Waals surface area contributed by atoms with Crippen LogP contribution in [0.15, 0.2) is 30.3 Å². The van der Waals surface area contributed by atoms with Gasteiger partial charge in [-0.15, -0.1) is 0 Å². The van der Waals surface area contributed by atoms with Gasteiger partial charge in [0.25, 0.3) is 0 Å². The van der Waals surface area contributed by atoms with Gasteiger partial charge >= 0.3 is 12.2 Å². The number of ether oxygens (including phenoxy) is 1. The maximum Gasteiger partial charge on any atom is 0.410 e. The predicted molar refractivity (Wildman–Crippen MR) is 99.2 cm³/mol. The quantitative estimate of drug-likeness (QED) is 0.850. The molecule has 0 bridgehead atoms. The van der Waals surface area contributed by atoms with E-state index in [4.69, 9.17) is 4.74 Å². The number of carboxylic acid groups (broad SMARTS) is 1. The average molecular weight is 377 g/mol. The van der Waals surface area contributed by atoms with E-state index in [1.807, 2.05) is 44.2 Å². The van der Waals surface area contributed by atoms with E-state index < -0.39 is 24.3 Å². The number of amides is 3. The van der Waals surface area contributed by atoms with Gasteiger partial charge in [0, 0.05) is 19.6 Å². The zero-order valence-corrected chi connectivity index (χ0v) is 16.0. The standard InChI is InChI=1S/C19H27N3O5/c1-4-20(5-2)17(23)16-12-21(18(24)25)14(3)11-22(16)19(26)27-13-15-9-7-6-8-10-15/h6-10,14,16H,4-5,11-13H2,1-3H3,(H,24,25)/t14-,16-/m1/s1. The van der Waals surface area contributed by atoms with Crippen molar-refractivity contribution in [2.75, 3.05) is 26.2 Å². The van der Waals surface area contributed by atoms with Crippen molar-refractivity contribution in [1.29, 1.82) is 0 Å². The van der Waals surface area contributed by atoms with Crippen molar-refractivity contribution < 1.29 is 24.2 Å². The van der Waals surface area contributed by atoms with Crippen LogP contribution in [0.3, 0.4) is 0 Å². The fourth-order valence-corrected chi connectivity index (χ4v) is 3.20. The van der Waals surface area contributed by atoms with Crippen molar-refractivity contribution in [2.45, 2.75) is 39.5 Å². The summed E-state index contributed by atoms with van der Waals surface area (Å²) in [5.74, 6) is -0.269. The van der Waals surface area contributed by atoms with Crippen LogP contribution >= 0.6 is 0 Å². The monoisotopic (exact) mass is 377 g/mol. The van der Waals surface area contributed by atoms with E-state index in [0.717, 1.165) is 5.56 Å². The number of hydrogen-bond acceptors (Lipinski definition) is 4. The van der Waals surface area contributed by atoms with Gasteiger partial charge in [0.05, 0.1) is 12.6 Å². The summed E-state index contributed by atoms with van der Waals surface area (Å²) in [5.41, 5.74) is 0.842. The maximum atomic E-state index is 12.9. The van der Waals surface area contributed by atoms with E-state index in [2.05, 4.69) is 0 Å². The largest absolute Gasteiger partial charge is 0.465 e. The normalized spacial score (nSPS) is 19.5. The molecule has 0 aromatic heterocycles. The Morgan fingerprint density at radius 2 is 1.74 bits per heavy atom. The third-order valence-electron chi connectivity index (χ3n) is 4.78. The SMILES string of the molecule is CCN(CC)C(=O)[C@H]1CN(C(=O)O)[C@H](C)CN1C(=O)OCc1ccccc1. The molecule has 1 saturated heterocycles. The summed E-state index contributed by atoms with van der Waals surface area (Å²) in [5, 5.41) is 9.40. The molecule has 0 aliphatic carbocycles. The summed E-state index contributed by atoms with van der Waals surface area (Å²) < 4.78 is 5.39. The summed E-state index contributed by atoms with van der Waals surface area (Å²) in [4.78, 5) is 41.2. The minimum atomic E-state index is -1.10. The van der Waals surface area contributed by atoms with Crippen molar-refractivity contribution in [3.63, 3.8) is 0 Å². The lowest BCUT2D eigenvalue weighted by Gasteiger charge is -2.43. The number of hydrogen-bond donors (Lipinski definition) is 1. The summed E-state index contributed by atoms with van der Waals surface area (Å²) in [6, 6.07) is 7.95. The first-order valence-corrected chi connectivity index (χ1v) is 9.14. The minimum Gasteiger partial charge on any atom is -0.465 e. The molecule has 2 rings (SSSR count). The van der Waals surface area contributed by atoms with E-state index >= 15 is 0 Å². The lowest BCUT2D eigenvalue weighted by atomic mass is 10.1. The first-order valence-electron chi connectivity index (χ1n) is 9.14. The van der Waals surface area contributed by atoms with Crippen LogP contribution in [0, 0.1) is 0 Å². The Hall–Kier alpha value is -2.77. The molecule has 3 amide bonds. The Labute approximate surface area is 159 Å². The number of carbonyl (C=O) groups excluding carboxylic acids is 2. The zero-order valence-electron chi connectivity index (χ0n) is 16.0. The molecule has 1 aromatic carbocycles. The third-order valence-corrected chi connectivity index (χ3v) is 4.78. The first kappa shape index (κ1) is 20.5. The van der Waals surface area contributed by atoms with Gasteiger partial charge in [-0.1, -0.05) is 30.3 Å². The molecule has 0 radical (unpaired) electrons. The second-order valence-electron chi connectivity index (χ2n) is 6.50. The second kappa shape index (κ2) is 9.25. The van der Waals surface area contributed by atoms with Crippen LogP contribution in [0.2, 0.25) is 0 Å². The highest BCUT2D eigenvalue weighted by atomic mass is 16.6. The molecule has 0 unspecified atom stereocenters. The van der Waals surface area contributed by atoms with Gasteiger partial charge < -0.3 is 19.6 Å². The molecule has 27 heavy (non-hydrogen) atoms. The molecule has 1 aliphatic rings. The second-order valence-corrected chi connectivity index (χ2v) is 6.50. The summed E-state index contributed by atoms with van der Waals surface area (Å²) >= 11 is 0. The van der Waals surface area contributed by atoms with Gasteiger partial charge in [-0.2, -0.15) is 0 Å². The zero-order chi connectivity index (χ0) is 20.0. The van der Waals surface area contributed by atoms with Gasteiger partial charge in [0.1, 0.15) is 12.6 Å². The van der Waals surface area contributed by atoms with Gasteiger partial charge in [-0.05, 0) is 26.3 Å². The first-order chi connectivity index (χ1) is 12.9. The lowest BCUT2D eigenvalue weighted by molar-refractivity contribution is -0.138. The maximum absolute atomic E-state index is 12.9. The van der Waals surface area contributed by atoms with E-state index in [9.17, 15) is 19.5 Å². The Kier molecular flexibility index (Phi) is 7.04. The van der Waals surface area contributed by atoms with Crippen LogP contribution in [0.25, 0.3) is 0 Å². The van der Waals surface area contributed by atoms with E-state index in [0.29, 0.717) is 13.1 Å². The molecule has 1 aliphatic heterocycles. The highest BCUT2D eigenvalue weighted by Gasteiger charge is 2.42. The van der Waals surface area contributed by atoms with Gasteiger partial charge in [0.2, 0.25) is 5.91 Å². The highest BCUT2D eigenvalue weighted by Crippen LogP contribution is 2.19. The van der Waals surface area contributed by atoms with E-state index in [-0.39, 0.29) is 25.6 Å². The summed E-state index contributed by atoms with van der Waals surface area (Å²) in [6.45, 7) is 6.52. The molecule has 148 valence electrons. The van der Waals surface area contributed by atoms with Crippen molar-refractivity contribution in [3.05, 3.63) is 35.9 Å². The molecule has 1 heterocycles. The Morgan fingerprint density at radius 3 is 2.30 bits per heavy atom. The van der Waals surface area contributed by atoms with Crippen molar-refractivity contribution >= 4 is 18.1 Å². The van der Waals surface area contributed by atoms with Crippen molar-refractivity contribution in [3.8, 4) is 0 Å². The molecule has 2 atom stereocenters. The average Bonchev–Trinajstić information content (AvgIpc) is 2.67. The predicted octanol–water partition coefficient (Wildman–Crippen LogP) is 2.24. The summed E-state index contributed by atoms with van der Waals surface area (Å²) in [6.07, 6.45) is -1.71. The number of benzene rings is 1. The Bertz CT molecular complexity index is 663. The topological polar surface area (TPSA) is 90.4 Å². The fraction of sp³-hybridized carbons (Fsp3) is 0.526. The van der Waals surface area contributed by atoms with Crippen LogP contribution < -0.4 is 0 Å².